The Hall–Kier alpha value is -0.860. The topological polar surface area (TPSA) is 86.9 Å². The average Bonchev–Trinajstić information content (AvgIpc) is 2.42. The van der Waals surface area contributed by atoms with Gasteiger partial charge in [0.25, 0.3) is 0 Å². The first kappa shape index (κ1) is 15.5. The Labute approximate surface area is 123 Å². The molecule has 1 aromatic carbocycles. The van der Waals surface area contributed by atoms with Crippen LogP contribution in [0, 0.1) is 0 Å². The van der Waals surface area contributed by atoms with Gasteiger partial charge in [0.15, 0.2) is 0 Å². The number of hydrogen-bond acceptors (Lipinski definition) is 5. The molecule has 112 valence electrons. The number of nitrogens with two attached hydrogens (primary N) is 1. The van der Waals surface area contributed by atoms with Crippen molar-refractivity contribution >= 4 is 27.3 Å². The number of benzene rings is 1. The molecule has 1 saturated heterocycles. The maximum absolute atomic E-state index is 12.5. The molecular weight excluding hydrogens is 302 g/mol. The molecule has 1 aromatic rings. The second-order valence-corrected chi connectivity index (χ2v) is 6.99. The molecule has 3 N–H and O–H groups in total. The highest BCUT2D eigenvalue weighted by Crippen LogP contribution is 2.26. The van der Waals surface area contributed by atoms with E-state index in [-0.39, 0.29) is 17.2 Å². The minimum Gasteiger partial charge on any atom is -0.398 e. The normalized spacial score (nSPS) is 18.3. The zero-order chi connectivity index (χ0) is 14.8. The van der Waals surface area contributed by atoms with E-state index in [4.69, 9.17) is 22.4 Å². The first-order chi connectivity index (χ1) is 9.45. The summed E-state index contributed by atoms with van der Waals surface area (Å²) in [5.74, 6) is 0. The lowest BCUT2D eigenvalue weighted by Gasteiger charge is -2.33. The third-order valence-corrected chi connectivity index (χ3v) is 5.53. The van der Waals surface area contributed by atoms with Gasteiger partial charge in [0.05, 0.1) is 12.3 Å². The average molecular weight is 320 g/mol. The molecule has 1 aliphatic rings. The lowest BCUT2D eigenvalue weighted by molar-refractivity contribution is 0.151. The van der Waals surface area contributed by atoms with Gasteiger partial charge in [-0.2, -0.15) is 4.31 Å². The van der Waals surface area contributed by atoms with Crippen molar-refractivity contribution in [3.63, 3.8) is 0 Å². The molecule has 1 heterocycles. The fraction of sp³-hybridized carbons (Fsp3) is 0.500. The third-order valence-electron chi connectivity index (χ3n) is 3.34. The molecule has 20 heavy (non-hydrogen) atoms. The number of halogens is 1. The van der Waals surface area contributed by atoms with Crippen molar-refractivity contribution in [2.75, 3.05) is 45.1 Å². The minimum atomic E-state index is -3.62. The summed E-state index contributed by atoms with van der Waals surface area (Å²) in [4.78, 5) is 2.08. The second kappa shape index (κ2) is 6.28. The van der Waals surface area contributed by atoms with E-state index in [1.807, 2.05) is 4.90 Å². The van der Waals surface area contributed by atoms with E-state index < -0.39 is 10.0 Å². The summed E-state index contributed by atoms with van der Waals surface area (Å²) in [7, 11) is -3.62. The Morgan fingerprint density at radius 2 is 1.90 bits per heavy atom. The highest BCUT2D eigenvalue weighted by molar-refractivity contribution is 7.89. The SMILES string of the molecule is Nc1ccc(Cl)cc1S(=O)(=O)N1CCN(CCO)CC1. The van der Waals surface area contributed by atoms with E-state index in [2.05, 4.69) is 0 Å². The molecule has 8 heteroatoms. The standard InChI is InChI=1S/C12H18ClN3O3S/c13-10-1-2-11(14)12(9-10)20(18,19)16-5-3-15(4-6-16)7-8-17/h1-2,9,17H,3-8,14H2. The summed E-state index contributed by atoms with van der Waals surface area (Å²) in [5.41, 5.74) is 5.95. The molecule has 0 saturated carbocycles. The van der Waals surface area contributed by atoms with E-state index >= 15 is 0 Å². The van der Waals surface area contributed by atoms with Gasteiger partial charge in [0.2, 0.25) is 10.0 Å². The maximum atomic E-state index is 12.5. The number of anilines is 1. The van der Waals surface area contributed by atoms with Crippen LogP contribution in [0.3, 0.4) is 0 Å². The number of nitrogen functional groups attached to an aromatic ring is 1. The Bertz CT molecular complexity index is 571. The van der Waals surface area contributed by atoms with Crippen LogP contribution >= 0.6 is 11.6 Å². The van der Waals surface area contributed by atoms with Gasteiger partial charge >= 0.3 is 0 Å². The molecule has 0 atom stereocenters. The number of sulfonamides is 1. The molecular formula is C12H18ClN3O3S. The first-order valence-electron chi connectivity index (χ1n) is 6.33. The predicted molar refractivity (Wildman–Crippen MR) is 78.1 cm³/mol. The second-order valence-electron chi connectivity index (χ2n) is 4.65. The van der Waals surface area contributed by atoms with Crippen LogP contribution in [0.1, 0.15) is 0 Å². The van der Waals surface area contributed by atoms with E-state index in [9.17, 15) is 8.42 Å². The van der Waals surface area contributed by atoms with Crippen LogP contribution in [0.25, 0.3) is 0 Å². The number of β-amino-alcohol motifs (C(OH)–C–C–N with tert-alkyl or cyclic N) is 1. The molecule has 0 spiro atoms. The fourth-order valence-electron chi connectivity index (χ4n) is 2.21. The molecule has 0 aromatic heterocycles. The smallest absolute Gasteiger partial charge is 0.245 e. The molecule has 6 nitrogen and oxygen atoms in total. The lowest BCUT2D eigenvalue weighted by Crippen LogP contribution is -2.49. The largest absolute Gasteiger partial charge is 0.398 e. The molecule has 0 aliphatic carbocycles. The number of rotatable bonds is 4. The van der Waals surface area contributed by atoms with Gasteiger partial charge in [-0.15, -0.1) is 0 Å². The third kappa shape index (κ3) is 3.24. The zero-order valence-electron chi connectivity index (χ0n) is 11.0. The number of piperazine rings is 1. The van der Waals surface area contributed by atoms with Crippen LogP contribution in [0.15, 0.2) is 23.1 Å². The first-order valence-corrected chi connectivity index (χ1v) is 8.15. The summed E-state index contributed by atoms with van der Waals surface area (Å²) < 4.78 is 26.5. The number of aliphatic hydroxyl groups is 1. The fourth-order valence-corrected chi connectivity index (χ4v) is 4.01. The van der Waals surface area contributed by atoms with E-state index in [1.165, 1.54) is 16.4 Å². The molecule has 0 unspecified atom stereocenters. The summed E-state index contributed by atoms with van der Waals surface area (Å²) in [6.45, 7) is 2.60. The van der Waals surface area contributed by atoms with Crippen LogP contribution in [0.4, 0.5) is 5.69 Å². The molecule has 2 rings (SSSR count). The van der Waals surface area contributed by atoms with Crippen LogP contribution in [0.2, 0.25) is 5.02 Å². The highest BCUT2D eigenvalue weighted by atomic mass is 35.5. The lowest BCUT2D eigenvalue weighted by atomic mass is 10.3. The van der Waals surface area contributed by atoms with Crippen LogP contribution in [-0.4, -0.2) is 62.1 Å². The van der Waals surface area contributed by atoms with Crippen molar-refractivity contribution in [1.29, 1.82) is 0 Å². The van der Waals surface area contributed by atoms with E-state index in [1.54, 1.807) is 6.07 Å². The van der Waals surface area contributed by atoms with Crippen molar-refractivity contribution in [3.05, 3.63) is 23.2 Å². The van der Waals surface area contributed by atoms with Crippen molar-refractivity contribution in [2.24, 2.45) is 0 Å². The summed E-state index contributed by atoms with van der Waals surface area (Å²) in [6, 6.07) is 4.44. The summed E-state index contributed by atoms with van der Waals surface area (Å²) in [5, 5.41) is 9.23. The van der Waals surface area contributed by atoms with Gasteiger partial charge in [-0.05, 0) is 18.2 Å². The van der Waals surface area contributed by atoms with Crippen LogP contribution in [-0.2, 0) is 10.0 Å². The number of aliphatic hydroxyl groups excluding tert-OH is 1. The summed E-state index contributed by atoms with van der Waals surface area (Å²) in [6.07, 6.45) is 0. The van der Waals surface area contributed by atoms with Crippen LogP contribution < -0.4 is 5.73 Å². The molecule has 1 aliphatic heterocycles. The zero-order valence-corrected chi connectivity index (χ0v) is 12.6. The van der Waals surface area contributed by atoms with Gasteiger partial charge in [-0.1, -0.05) is 11.6 Å². The van der Waals surface area contributed by atoms with Gasteiger partial charge in [-0.25, -0.2) is 8.42 Å². The number of nitrogens with zero attached hydrogens (tertiary/aromatic N) is 2. The van der Waals surface area contributed by atoms with Gasteiger partial charge in [0, 0.05) is 37.7 Å². The van der Waals surface area contributed by atoms with Crippen molar-refractivity contribution in [1.82, 2.24) is 9.21 Å². The molecule has 0 radical (unpaired) electrons. The van der Waals surface area contributed by atoms with Crippen molar-refractivity contribution < 1.29 is 13.5 Å². The van der Waals surface area contributed by atoms with E-state index in [0.717, 1.165) is 0 Å². The quantitative estimate of drug-likeness (QED) is 0.775. The molecule has 0 bridgehead atoms. The van der Waals surface area contributed by atoms with Crippen molar-refractivity contribution in [2.45, 2.75) is 4.90 Å². The Morgan fingerprint density at radius 1 is 1.25 bits per heavy atom. The highest BCUT2D eigenvalue weighted by Gasteiger charge is 2.29. The Kier molecular flexibility index (Phi) is 4.87. The monoisotopic (exact) mass is 319 g/mol. The predicted octanol–water partition coefficient (Wildman–Crippen LogP) is 0.221. The minimum absolute atomic E-state index is 0.0561. The summed E-state index contributed by atoms with van der Waals surface area (Å²) >= 11 is 5.85. The Morgan fingerprint density at radius 3 is 2.50 bits per heavy atom. The van der Waals surface area contributed by atoms with Gasteiger partial charge in [0.1, 0.15) is 4.90 Å². The van der Waals surface area contributed by atoms with E-state index in [0.29, 0.717) is 37.7 Å². The maximum Gasteiger partial charge on any atom is 0.245 e. The molecule has 0 amide bonds. The van der Waals surface area contributed by atoms with Crippen LogP contribution in [0.5, 0.6) is 0 Å². The molecule has 1 fully saturated rings. The number of hydrogen-bond donors (Lipinski definition) is 2. The van der Waals surface area contributed by atoms with Crippen molar-refractivity contribution in [3.8, 4) is 0 Å². The van der Waals surface area contributed by atoms with Gasteiger partial charge in [-0.3, -0.25) is 4.90 Å². The Balaban J connectivity index is 2.18. The van der Waals surface area contributed by atoms with Gasteiger partial charge < -0.3 is 10.8 Å².